The summed E-state index contributed by atoms with van der Waals surface area (Å²) in [6, 6.07) is 0. The zero-order chi connectivity index (χ0) is 9.98. The van der Waals surface area contributed by atoms with Crippen molar-refractivity contribution in [3.05, 3.63) is 29.7 Å². The minimum absolute atomic E-state index is 0. The molecule has 4 nitrogen and oxygen atoms in total. The molecule has 0 bridgehead atoms. The molecule has 6 heteroatoms. The summed E-state index contributed by atoms with van der Waals surface area (Å²) < 4.78 is 0. The van der Waals surface area contributed by atoms with Gasteiger partial charge in [-0.1, -0.05) is 0 Å². The average molecular weight is 290 g/mol. The van der Waals surface area contributed by atoms with Gasteiger partial charge < -0.3 is 49.7 Å². The topological polar surface area (TPSA) is 52.6 Å². The van der Waals surface area contributed by atoms with Crippen LogP contribution in [0.1, 0.15) is 0 Å². The fraction of sp³-hybridized carbons (Fsp3) is 0.667. The van der Waals surface area contributed by atoms with E-state index < -0.39 is 0 Å². The van der Waals surface area contributed by atoms with E-state index in [2.05, 4.69) is 0 Å². The summed E-state index contributed by atoms with van der Waals surface area (Å²) in [5.41, 5.74) is 0. The fourth-order valence-corrected chi connectivity index (χ4v) is 0.365. The van der Waals surface area contributed by atoms with Gasteiger partial charge >= 0.3 is 34.7 Å². The molecule has 0 aromatic carbocycles. The molecule has 0 aliphatic rings. The molecule has 0 heterocycles. The maximum atomic E-state index is 9.70. The van der Waals surface area contributed by atoms with E-state index in [1.807, 2.05) is 38.0 Å². The van der Waals surface area contributed by atoms with Crippen molar-refractivity contribution in [2.45, 2.75) is 0 Å². The van der Waals surface area contributed by atoms with Crippen LogP contribution in [0.2, 0.25) is 0 Å². The van der Waals surface area contributed by atoms with Crippen molar-refractivity contribution in [2.75, 3.05) is 54.5 Å². The second kappa shape index (κ2) is 43.0. The Hall–Kier alpha value is 0.905. The summed E-state index contributed by atoms with van der Waals surface area (Å²) in [4.78, 5) is 3.74. The van der Waals surface area contributed by atoms with Gasteiger partial charge in [0, 0.05) is 0 Å². The van der Waals surface area contributed by atoms with Crippen LogP contribution in [0, 0.1) is 29.7 Å². The Kier molecular flexibility index (Phi) is 122. The van der Waals surface area contributed by atoms with Crippen molar-refractivity contribution in [2.24, 2.45) is 0 Å². The molecule has 0 aliphatic carbocycles. The first kappa shape index (κ1) is 51.0. The molecule has 108 valence electrons. The van der Waals surface area contributed by atoms with Crippen molar-refractivity contribution >= 4 is 34.7 Å². The molecule has 0 unspecified atom stereocenters. The number of hydrogen-bond donors (Lipinski definition) is 0. The van der Waals surface area contributed by atoms with Crippen LogP contribution in [0.4, 0.5) is 0 Å². The SMILES string of the molecule is CN(C)CC[O-].CN(C)CC[O-].[Al+3].[Al+3].[CH3-].[CH3-].[CH3-].[CH3-]. The van der Waals surface area contributed by atoms with Crippen molar-refractivity contribution in [3.63, 3.8) is 0 Å². The maximum Gasteiger partial charge on any atom is 3.00 e. The third-order valence-electron chi connectivity index (χ3n) is 1.08. The van der Waals surface area contributed by atoms with Crippen LogP contribution in [-0.4, -0.2) is 99.0 Å². The zero-order valence-electron chi connectivity index (χ0n) is 13.7. The Morgan fingerprint density at radius 2 is 0.778 bits per heavy atom. The van der Waals surface area contributed by atoms with Crippen molar-refractivity contribution in [1.82, 2.24) is 9.80 Å². The predicted molar refractivity (Wildman–Crippen MR) is 84.0 cm³/mol. The minimum Gasteiger partial charge on any atom is -0.854 e. The number of likely N-dealkylation sites (N-methyl/N-ethyl adjacent to an activating group) is 2. The standard InChI is InChI=1S/2C4H10NO.4CH3.2Al/c2*1-5(2)3-4-6;;;;;;/h2*3-4H2,1-2H3;4*1H3;;/q6*-1;2*+3. The summed E-state index contributed by atoms with van der Waals surface area (Å²) in [6.07, 6.45) is 0. The first-order chi connectivity index (χ1) is 5.54. The van der Waals surface area contributed by atoms with Gasteiger partial charge in [0.1, 0.15) is 0 Å². The van der Waals surface area contributed by atoms with E-state index in [1.54, 1.807) is 0 Å². The Morgan fingerprint density at radius 1 is 0.611 bits per heavy atom. The third-order valence-corrected chi connectivity index (χ3v) is 1.08. The molecule has 0 N–H and O–H groups in total. The maximum absolute atomic E-state index is 9.70. The molecule has 0 radical (unpaired) electrons. The van der Waals surface area contributed by atoms with Crippen LogP contribution in [0.25, 0.3) is 0 Å². The molecule has 0 saturated heterocycles. The molecular formula is C12H32Al2N2O2. The number of hydrogen-bond acceptors (Lipinski definition) is 4. The van der Waals surface area contributed by atoms with Gasteiger partial charge in [-0.3, -0.25) is 0 Å². The molecule has 0 amide bonds. The molecule has 0 atom stereocenters. The predicted octanol–water partition coefficient (Wildman–Crippen LogP) is -1.14. The molecule has 0 aliphatic heterocycles. The normalized spacial score (nSPS) is 6.67. The Balaban J connectivity index is -0.0000000139. The number of rotatable bonds is 4. The Bertz CT molecular complexity index is 78.5. The van der Waals surface area contributed by atoms with Crippen LogP contribution in [0.15, 0.2) is 0 Å². The van der Waals surface area contributed by atoms with Crippen LogP contribution in [0.3, 0.4) is 0 Å². The molecule has 0 aromatic rings. The zero-order valence-corrected chi connectivity index (χ0v) is 16.0. The molecule has 18 heavy (non-hydrogen) atoms. The second-order valence-electron chi connectivity index (χ2n) is 3.01. The summed E-state index contributed by atoms with van der Waals surface area (Å²) in [5.74, 6) is 0. The van der Waals surface area contributed by atoms with Gasteiger partial charge in [0.2, 0.25) is 0 Å². The Morgan fingerprint density at radius 3 is 0.778 bits per heavy atom. The second-order valence-corrected chi connectivity index (χ2v) is 3.01. The number of nitrogens with zero attached hydrogens (tertiary/aromatic N) is 2. The van der Waals surface area contributed by atoms with E-state index in [4.69, 9.17) is 0 Å². The first-order valence-electron chi connectivity index (χ1n) is 4.00. The van der Waals surface area contributed by atoms with Gasteiger partial charge in [-0.15, -0.1) is 13.2 Å². The van der Waals surface area contributed by atoms with Gasteiger partial charge in [-0.2, -0.15) is 0 Å². The molecule has 0 saturated carbocycles. The van der Waals surface area contributed by atoms with Crippen LogP contribution < -0.4 is 10.2 Å². The van der Waals surface area contributed by atoms with Gasteiger partial charge in [0.25, 0.3) is 0 Å². The summed E-state index contributed by atoms with van der Waals surface area (Å²) in [5, 5.41) is 19.4. The van der Waals surface area contributed by atoms with Crippen molar-refractivity contribution < 1.29 is 10.2 Å². The van der Waals surface area contributed by atoms with E-state index in [-0.39, 0.29) is 77.6 Å². The monoisotopic (exact) mass is 290 g/mol. The molecule has 0 rings (SSSR count). The van der Waals surface area contributed by atoms with E-state index in [1.165, 1.54) is 0 Å². The van der Waals surface area contributed by atoms with Gasteiger partial charge in [0.15, 0.2) is 0 Å². The van der Waals surface area contributed by atoms with Crippen LogP contribution in [0.5, 0.6) is 0 Å². The molecular weight excluding hydrogens is 258 g/mol. The summed E-state index contributed by atoms with van der Waals surface area (Å²) >= 11 is 0. The van der Waals surface area contributed by atoms with E-state index in [0.29, 0.717) is 13.1 Å². The third kappa shape index (κ3) is 89.7. The van der Waals surface area contributed by atoms with Crippen molar-refractivity contribution in [1.29, 1.82) is 0 Å². The van der Waals surface area contributed by atoms with Gasteiger partial charge in [0.05, 0.1) is 0 Å². The van der Waals surface area contributed by atoms with E-state index in [0.717, 1.165) is 0 Å². The minimum atomic E-state index is 0. The van der Waals surface area contributed by atoms with Gasteiger partial charge in [-0.25, -0.2) is 0 Å². The van der Waals surface area contributed by atoms with Crippen molar-refractivity contribution in [3.8, 4) is 0 Å². The van der Waals surface area contributed by atoms with E-state index in [9.17, 15) is 10.2 Å². The average Bonchev–Trinajstić information content (AvgIpc) is 1.87. The largest absolute Gasteiger partial charge is 3.00 e. The first-order valence-corrected chi connectivity index (χ1v) is 4.00. The molecule has 0 spiro atoms. The van der Waals surface area contributed by atoms with E-state index >= 15 is 0 Å². The van der Waals surface area contributed by atoms with Crippen LogP contribution in [-0.2, 0) is 0 Å². The Labute approximate surface area is 139 Å². The quantitative estimate of drug-likeness (QED) is 0.485. The fourth-order valence-electron chi connectivity index (χ4n) is 0.365. The summed E-state index contributed by atoms with van der Waals surface area (Å²) in [7, 11) is 7.55. The summed E-state index contributed by atoms with van der Waals surface area (Å²) in [6.45, 7) is 1.32. The van der Waals surface area contributed by atoms with Gasteiger partial charge in [-0.05, 0) is 41.3 Å². The molecule has 0 fully saturated rings. The van der Waals surface area contributed by atoms with Crippen LogP contribution >= 0.6 is 0 Å². The molecule has 0 aromatic heterocycles. The smallest absolute Gasteiger partial charge is 0.854 e.